The van der Waals surface area contributed by atoms with Crippen LogP contribution in [0.4, 0.5) is 0 Å². The van der Waals surface area contributed by atoms with Gasteiger partial charge in [0.15, 0.2) is 5.78 Å². The smallest absolute Gasteiger partial charge is 0.155 e. The summed E-state index contributed by atoms with van der Waals surface area (Å²) in [5.74, 6) is 3.27. The number of ether oxygens (including phenoxy) is 1. The maximum absolute atomic E-state index is 11.8. The standard InChI is InChI=1S/C23H36O2/c1-4-22-21-10-8-17-16-18(24)9-11-19(17)20(21)12-14-23(22,5-2)13-6-7-15-25-3/h8,10,16,19-22H,4-7,9,11-15H2,1-3H3. The molecule has 2 nitrogen and oxygen atoms in total. The number of rotatable bonds is 7. The Labute approximate surface area is 154 Å². The highest BCUT2D eigenvalue weighted by Gasteiger charge is 2.49. The first kappa shape index (κ1) is 18.9. The predicted octanol–water partition coefficient (Wildman–Crippen LogP) is 5.73. The lowest BCUT2D eigenvalue weighted by Gasteiger charge is -2.54. The Morgan fingerprint density at radius 2 is 2.08 bits per heavy atom. The molecule has 3 aliphatic rings. The van der Waals surface area contributed by atoms with E-state index in [0.717, 1.165) is 37.2 Å². The fraction of sp³-hybridized carbons (Fsp3) is 0.783. The number of hydrogen-bond donors (Lipinski definition) is 0. The molecule has 3 aliphatic carbocycles. The lowest BCUT2D eigenvalue weighted by atomic mass is 9.50. The summed E-state index contributed by atoms with van der Waals surface area (Å²) in [7, 11) is 1.81. The van der Waals surface area contributed by atoms with E-state index in [0.29, 0.717) is 17.1 Å². The summed E-state index contributed by atoms with van der Waals surface area (Å²) in [6.07, 6.45) is 17.7. The van der Waals surface area contributed by atoms with Crippen molar-refractivity contribution in [3.05, 3.63) is 23.8 Å². The van der Waals surface area contributed by atoms with Crippen LogP contribution in [0.3, 0.4) is 0 Å². The van der Waals surface area contributed by atoms with Gasteiger partial charge in [-0.3, -0.25) is 4.79 Å². The van der Waals surface area contributed by atoms with Crippen LogP contribution in [-0.4, -0.2) is 19.5 Å². The van der Waals surface area contributed by atoms with Gasteiger partial charge in [-0.25, -0.2) is 0 Å². The molecular weight excluding hydrogens is 308 g/mol. The second kappa shape index (κ2) is 8.20. The molecule has 1 fully saturated rings. The second-order valence-electron chi connectivity index (χ2n) is 8.58. The van der Waals surface area contributed by atoms with Crippen molar-refractivity contribution >= 4 is 5.78 Å². The first-order chi connectivity index (χ1) is 12.1. The number of ketones is 1. The summed E-state index contributed by atoms with van der Waals surface area (Å²) in [5.41, 5.74) is 1.84. The van der Waals surface area contributed by atoms with E-state index in [-0.39, 0.29) is 0 Å². The Morgan fingerprint density at radius 3 is 2.80 bits per heavy atom. The van der Waals surface area contributed by atoms with Gasteiger partial charge >= 0.3 is 0 Å². The van der Waals surface area contributed by atoms with E-state index in [4.69, 9.17) is 4.74 Å². The van der Waals surface area contributed by atoms with Gasteiger partial charge in [-0.1, -0.05) is 45.3 Å². The van der Waals surface area contributed by atoms with Crippen LogP contribution in [0.5, 0.6) is 0 Å². The van der Waals surface area contributed by atoms with Crippen molar-refractivity contribution in [2.75, 3.05) is 13.7 Å². The maximum Gasteiger partial charge on any atom is 0.155 e. The quantitative estimate of drug-likeness (QED) is 0.552. The van der Waals surface area contributed by atoms with Crippen LogP contribution >= 0.6 is 0 Å². The Morgan fingerprint density at radius 1 is 1.24 bits per heavy atom. The molecule has 5 atom stereocenters. The van der Waals surface area contributed by atoms with Crippen LogP contribution in [0, 0.1) is 29.1 Å². The van der Waals surface area contributed by atoms with Crippen LogP contribution in [0.15, 0.2) is 23.8 Å². The molecule has 0 saturated heterocycles. The van der Waals surface area contributed by atoms with Gasteiger partial charge in [0.2, 0.25) is 0 Å². The van der Waals surface area contributed by atoms with Crippen molar-refractivity contribution in [1.82, 2.24) is 0 Å². The molecule has 0 N–H and O–H groups in total. The first-order valence-electron chi connectivity index (χ1n) is 10.6. The minimum Gasteiger partial charge on any atom is -0.385 e. The molecule has 0 aromatic heterocycles. The Hall–Kier alpha value is -0.890. The third-order valence-electron chi connectivity index (χ3n) is 7.62. The van der Waals surface area contributed by atoms with E-state index in [1.54, 1.807) is 0 Å². The van der Waals surface area contributed by atoms with Crippen LogP contribution in [0.1, 0.15) is 71.6 Å². The van der Waals surface area contributed by atoms with Crippen LogP contribution in [0.2, 0.25) is 0 Å². The van der Waals surface area contributed by atoms with E-state index in [2.05, 4.69) is 26.0 Å². The summed E-state index contributed by atoms with van der Waals surface area (Å²) in [6.45, 7) is 5.71. The second-order valence-corrected chi connectivity index (χ2v) is 8.58. The number of hydrogen-bond acceptors (Lipinski definition) is 2. The molecule has 0 heterocycles. The molecule has 0 aromatic carbocycles. The molecule has 3 rings (SSSR count). The highest BCUT2D eigenvalue weighted by atomic mass is 16.5. The predicted molar refractivity (Wildman–Crippen MR) is 103 cm³/mol. The Balaban J connectivity index is 1.79. The minimum absolute atomic E-state index is 0.332. The van der Waals surface area contributed by atoms with Gasteiger partial charge in [-0.2, -0.15) is 0 Å². The number of methoxy groups -OCH3 is 1. The number of carbonyl (C=O) groups excluding carboxylic acids is 1. The molecule has 2 heteroatoms. The fourth-order valence-corrected chi connectivity index (χ4v) is 6.32. The fourth-order valence-electron chi connectivity index (χ4n) is 6.32. The molecule has 5 unspecified atom stereocenters. The highest BCUT2D eigenvalue weighted by molar-refractivity contribution is 5.91. The van der Waals surface area contributed by atoms with Crippen molar-refractivity contribution in [2.45, 2.75) is 71.6 Å². The van der Waals surface area contributed by atoms with E-state index >= 15 is 0 Å². The first-order valence-corrected chi connectivity index (χ1v) is 10.6. The zero-order valence-electron chi connectivity index (χ0n) is 16.4. The molecule has 25 heavy (non-hydrogen) atoms. The zero-order valence-corrected chi connectivity index (χ0v) is 16.4. The third kappa shape index (κ3) is 3.65. The number of allylic oxidation sites excluding steroid dienone is 4. The monoisotopic (exact) mass is 344 g/mol. The molecule has 0 aliphatic heterocycles. The maximum atomic E-state index is 11.8. The van der Waals surface area contributed by atoms with Gasteiger partial charge in [0.05, 0.1) is 0 Å². The van der Waals surface area contributed by atoms with Crippen LogP contribution in [0.25, 0.3) is 0 Å². The average molecular weight is 345 g/mol. The number of fused-ring (bicyclic) bond motifs is 3. The van der Waals surface area contributed by atoms with Crippen molar-refractivity contribution in [3.8, 4) is 0 Å². The highest BCUT2D eigenvalue weighted by Crippen LogP contribution is 2.58. The summed E-state index contributed by atoms with van der Waals surface area (Å²) in [4.78, 5) is 11.8. The number of unbranched alkanes of at least 4 members (excludes halogenated alkanes) is 1. The zero-order chi connectivity index (χ0) is 17.9. The molecule has 0 aromatic rings. The van der Waals surface area contributed by atoms with Gasteiger partial charge in [-0.15, -0.1) is 0 Å². The molecule has 0 radical (unpaired) electrons. The number of carbonyl (C=O) groups is 1. The SMILES string of the molecule is CCC1C2C=CC3=CC(=O)CCC3C2CCC1(CC)CCCCOC. The topological polar surface area (TPSA) is 26.3 Å². The van der Waals surface area contributed by atoms with Gasteiger partial charge in [0.25, 0.3) is 0 Å². The van der Waals surface area contributed by atoms with Gasteiger partial charge < -0.3 is 4.74 Å². The lowest BCUT2D eigenvalue weighted by Crippen LogP contribution is -2.46. The molecular formula is C23H36O2. The van der Waals surface area contributed by atoms with Gasteiger partial charge in [0.1, 0.15) is 0 Å². The minimum atomic E-state index is 0.332. The summed E-state index contributed by atoms with van der Waals surface area (Å²) < 4.78 is 5.26. The van der Waals surface area contributed by atoms with Gasteiger partial charge in [-0.05, 0) is 72.8 Å². The van der Waals surface area contributed by atoms with E-state index in [1.807, 2.05) is 13.2 Å². The van der Waals surface area contributed by atoms with Crippen molar-refractivity contribution in [2.24, 2.45) is 29.1 Å². The molecule has 0 spiro atoms. The molecule has 1 saturated carbocycles. The largest absolute Gasteiger partial charge is 0.385 e. The molecule has 0 amide bonds. The Kier molecular flexibility index (Phi) is 6.20. The summed E-state index contributed by atoms with van der Waals surface area (Å²) in [6, 6.07) is 0. The van der Waals surface area contributed by atoms with Crippen LogP contribution < -0.4 is 0 Å². The van der Waals surface area contributed by atoms with Crippen molar-refractivity contribution in [1.29, 1.82) is 0 Å². The lowest BCUT2D eigenvalue weighted by molar-refractivity contribution is -0.115. The molecule has 0 bridgehead atoms. The Bertz CT molecular complexity index is 532. The summed E-state index contributed by atoms with van der Waals surface area (Å²) in [5, 5.41) is 0. The van der Waals surface area contributed by atoms with Gasteiger partial charge in [0, 0.05) is 20.1 Å². The molecule has 140 valence electrons. The van der Waals surface area contributed by atoms with Crippen molar-refractivity contribution in [3.63, 3.8) is 0 Å². The third-order valence-corrected chi connectivity index (χ3v) is 7.62. The van der Waals surface area contributed by atoms with E-state index in [1.165, 1.54) is 50.5 Å². The van der Waals surface area contributed by atoms with E-state index < -0.39 is 0 Å². The van der Waals surface area contributed by atoms with Crippen LogP contribution in [-0.2, 0) is 9.53 Å². The normalized spacial score (nSPS) is 37.4. The summed E-state index contributed by atoms with van der Waals surface area (Å²) >= 11 is 0. The van der Waals surface area contributed by atoms with Crippen molar-refractivity contribution < 1.29 is 9.53 Å². The average Bonchev–Trinajstić information content (AvgIpc) is 2.64. The van der Waals surface area contributed by atoms with E-state index in [9.17, 15) is 4.79 Å².